The molecule has 0 aliphatic heterocycles. The van der Waals surface area contributed by atoms with Crippen LogP contribution in [0.3, 0.4) is 0 Å². The van der Waals surface area contributed by atoms with E-state index >= 15 is 0 Å². The predicted molar refractivity (Wildman–Crippen MR) is 108 cm³/mol. The predicted octanol–water partition coefficient (Wildman–Crippen LogP) is 6.93. The van der Waals surface area contributed by atoms with Crippen LogP contribution in [-0.2, 0) is 0 Å². The first kappa shape index (κ1) is 14.5. The first-order chi connectivity index (χ1) is 12.4. The molecule has 1 aliphatic rings. The minimum atomic E-state index is 0.371. The van der Waals surface area contributed by atoms with Gasteiger partial charge in [0, 0.05) is 5.92 Å². The maximum Gasteiger partial charge on any atom is 0.0314 e. The van der Waals surface area contributed by atoms with E-state index in [1.165, 1.54) is 43.8 Å². The highest BCUT2D eigenvalue weighted by Crippen LogP contribution is 2.45. The molecule has 0 heterocycles. The molecule has 1 aliphatic carbocycles. The molecule has 0 radical (unpaired) electrons. The van der Waals surface area contributed by atoms with Gasteiger partial charge in [0.15, 0.2) is 0 Å². The van der Waals surface area contributed by atoms with E-state index in [1.54, 1.807) is 0 Å². The Hall–Kier alpha value is -2.86. The third-order valence-corrected chi connectivity index (χ3v) is 5.54. The highest BCUT2D eigenvalue weighted by atomic mass is 14.3. The van der Waals surface area contributed by atoms with Crippen molar-refractivity contribution in [1.82, 2.24) is 0 Å². The Labute approximate surface area is 148 Å². The monoisotopic (exact) mass is 320 g/mol. The van der Waals surface area contributed by atoms with E-state index < -0.39 is 0 Å². The van der Waals surface area contributed by atoms with E-state index in [9.17, 15) is 0 Å². The third-order valence-electron chi connectivity index (χ3n) is 5.54. The van der Waals surface area contributed by atoms with Crippen molar-refractivity contribution in [2.75, 3.05) is 0 Å². The fourth-order valence-corrected chi connectivity index (χ4v) is 4.39. The molecule has 4 aromatic rings. The van der Waals surface area contributed by atoms with Gasteiger partial charge in [0.05, 0.1) is 0 Å². The van der Waals surface area contributed by atoms with Crippen molar-refractivity contribution in [3.63, 3.8) is 0 Å². The molecule has 0 amide bonds. The van der Waals surface area contributed by atoms with Crippen molar-refractivity contribution in [2.45, 2.75) is 19.3 Å². The summed E-state index contributed by atoms with van der Waals surface area (Å²) in [6.45, 7) is 2.27. The van der Waals surface area contributed by atoms with Crippen LogP contribution in [-0.4, -0.2) is 0 Å². The lowest BCUT2D eigenvalue weighted by Gasteiger charge is -2.20. The van der Waals surface area contributed by atoms with E-state index in [4.69, 9.17) is 0 Å². The summed E-state index contributed by atoms with van der Waals surface area (Å²) in [5, 5.41) is 5.41. The SMILES string of the molecule is CCC1=Cc2ccccc2C1c1cccc2ccc3ccccc3c12. The Kier molecular flexibility index (Phi) is 3.24. The molecular formula is C25H20. The molecule has 120 valence electrons. The molecule has 0 saturated heterocycles. The topological polar surface area (TPSA) is 0 Å². The largest absolute Gasteiger partial charge is 0.0619 e. The summed E-state index contributed by atoms with van der Waals surface area (Å²) in [6.07, 6.45) is 3.48. The highest BCUT2D eigenvalue weighted by Gasteiger charge is 2.27. The van der Waals surface area contributed by atoms with Gasteiger partial charge >= 0.3 is 0 Å². The van der Waals surface area contributed by atoms with Crippen molar-refractivity contribution in [3.05, 3.63) is 101 Å². The lowest BCUT2D eigenvalue weighted by Crippen LogP contribution is -2.02. The molecule has 0 spiro atoms. The van der Waals surface area contributed by atoms with Gasteiger partial charge in [-0.2, -0.15) is 0 Å². The molecule has 0 aromatic heterocycles. The first-order valence-electron chi connectivity index (χ1n) is 9.06. The molecule has 25 heavy (non-hydrogen) atoms. The summed E-state index contributed by atoms with van der Waals surface area (Å²) in [5.41, 5.74) is 5.77. The molecule has 0 bridgehead atoms. The van der Waals surface area contributed by atoms with Gasteiger partial charge in [-0.3, -0.25) is 0 Å². The fraction of sp³-hybridized carbons (Fsp3) is 0.120. The van der Waals surface area contributed by atoms with E-state index in [0.717, 1.165) is 6.42 Å². The third kappa shape index (κ3) is 2.14. The Balaban J connectivity index is 1.87. The minimum absolute atomic E-state index is 0.371. The number of benzene rings is 4. The van der Waals surface area contributed by atoms with Crippen molar-refractivity contribution in [2.24, 2.45) is 0 Å². The van der Waals surface area contributed by atoms with E-state index in [2.05, 4.69) is 91.9 Å². The van der Waals surface area contributed by atoms with Crippen molar-refractivity contribution < 1.29 is 0 Å². The highest BCUT2D eigenvalue weighted by molar-refractivity contribution is 6.09. The van der Waals surface area contributed by atoms with Gasteiger partial charge < -0.3 is 0 Å². The second-order valence-electron chi connectivity index (χ2n) is 6.87. The van der Waals surface area contributed by atoms with Crippen molar-refractivity contribution in [1.29, 1.82) is 0 Å². The van der Waals surface area contributed by atoms with Gasteiger partial charge in [0.25, 0.3) is 0 Å². The zero-order valence-corrected chi connectivity index (χ0v) is 14.4. The summed E-state index contributed by atoms with van der Waals surface area (Å²) in [7, 11) is 0. The number of hydrogen-bond donors (Lipinski definition) is 0. The lowest BCUT2D eigenvalue weighted by atomic mass is 9.83. The average Bonchev–Trinajstić information content (AvgIpc) is 3.06. The second kappa shape index (κ2) is 5.60. The lowest BCUT2D eigenvalue weighted by molar-refractivity contribution is 0.916. The number of rotatable bonds is 2. The molecular weight excluding hydrogens is 300 g/mol. The second-order valence-corrected chi connectivity index (χ2v) is 6.87. The Morgan fingerprint density at radius 3 is 2.32 bits per heavy atom. The number of hydrogen-bond acceptors (Lipinski definition) is 0. The van der Waals surface area contributed by atoms with Crippen molar-refractivity contribution in [3.8, 4) is 0 Å². The molecule has 4 aromatic carbocycles. The Morgan fingerprint density at radius 2 is 1.40 bits per heavy atom. The Bertz CT molecular complexity index is 1130. The van der Waals surface area contributed by atoms with Gasteiger partial charge in [-0.25, -0.2) is 0 Å². The summed E-state index contributed by atoms with van der Waals surface area (Å²) in [6, 6.07) is 28.9. The molecule has 0 fully saturated rings. The summed E-state index contributed by atoms with van der Waals surface area (Å²) >= 11 is 0. The van der Waals surface area contributed by atoms with Crippen LogP contribution in [0.15, 0.2) is 84.4 Å². The minimum Gasteiger partial charge on any atom is -0.0619 e. The van der Waals surface area contributed by atoms with Crippen LogP contribution in [0.4, 0.5) is 0 Å². The van der Waals surface area contributed by atoms with Gasteiger partial charge in [-0.05, 0) is 44.7 Å². The van der Waals surface area contributed by atoms with Crippen LogP contribution in [0, 0.1) is 0 Å². The molecule has 0 N–H and O–H groups in total. The van der Waals surface area contributed by atoms with Gasteiger partial charge in [-0.1, -0.05) is 97.4 Å². The van der Waals surface area contributed by atoms with Crippen LogP contribution >= 0.6 is 0 Å². The van der Waals surface area contributed by atoms with Crippen molar-refractivity contribution >= 4 is 27.6 Å². The fourth-order valence-electron chi connectivity index (χ4n) is 4.39. The normalized spacial score (nSPS) is 16.2. The molecule has 0 saturated carbocycles. The Morgan fingerprint density at radius 1 is 0.680 bits per heavy atom. The smallest absolute Gasteiger partial charge is 0.0314 e. The summed E-state index contributed by atoms with van der Waals surface area (Å²) in [4.78, 5) is 0. The van der Waals surface area contributed by atoms with Crippen LogP contribution in [0.1, 0.15) is 36.0 Å². The molecule has 0 nitrogen and oxygen atoms in total. The van der Waals surface area contributed by atoms with Crippen LogP contribution in [0.5, 0.6) is 0 Å². The molecule has 0 heteroatoms. The quantitative estimate of drug-likeness (QED) is 0.351. The van der Waals surface area contributed by atoms with Gasteiger partial charge in [-0.15, -0.1) is 0 Å². The summed E-state index contributed by atoms with van der Waals surface area (Å²) < 4.78 is 0. The summed E-state index contributed by atoms with van der Waals surface area (Å²) in [5.74, 6) is 0.371. The van der Waals surface area contributed by atoms with E-state index in [1.807, 2.05) is 0 Å². The molecule has 5 rings (SSSR count). The first-order valence-corrected chi connectivity index (χ1v) is 9.06. The number of allylic oxidation sites excluding steroid dienone is 1. The molecule has 1 atom stereocenters. The van der Waals surface area contributed by atoms with E-state index in [0.29, 0.717) is 5.92 Å². The zero-order valence-electron chi connectivity index (χ0n) is 14.4. The zero-order chi connectivity index (χ0) is 16.8. The van der Waals surface area contributed by atoms with Crippen LogP contribution < -0.4 is 0 Å². The van der Waals surface area contributed by atoms with Gasteiger partial charge in [0.1, 0.15) is 0 Å². The maximum absolute atomic E-state index is 2.39. The van der Waals surface area contributed by atoms with E-state index in [-0.39, 0.29) is 0 Å². The van der Waals surface area contributed by atoms with Crippen LogP contribution in [0.25, 0.3) is 27.6 Å². The standard InChI is InChI=1S/C25H20/c1-2-17-16-20-9-4-6-12-22(20)24(17)23-13-7-10-19-15-14-18-8-3-5-11-21(18)25(19)23/h3-16,24H,2H2,1H3. The molecule has 1 unspecified atom stereocenters. The average molecular weight is 320 g/mol. The van der Waals surface area contributed by atoms with Crippen LogP contribution in [0.2, 0.25) is 0 Å². The van der Waals surface area contributed by atoms with Gasteiger partial charge in [0.2, 0.25) is 0 Å². The number of fused-ring (bicyclic) bond motifs is 4. The maximum atomic E-state index is 2.39.